The van der Waals surface area contributed by atoms with Crippen molar-refractivity contribution in [1.29, 1.82) is 0 Å². The van der Waals surface area contributed by atoms with E-state index >= 15 is 0 Å². The molecule has 274 valence electrons. The maximum atomic E-state index is 14.2. The van der Waals surface area contributed by atoms with E-state index in [2.05, 4.69) is 25.7 Å². The van der Waals surface area contributed by atoms with Gasteiger partial charge in [0.2, 0.25) is 21.8 Å². The summed E-state index contributed by atoms with van der Waals surface area (Å²) in [5.41, 5.74) is -2.03. The summed E-state index contributed by atoms with van der Waals surface area (Å²) in [7, 11) is -3.92. The molecule has 0 aromatic carbocycles. The number of nitrogens with zero attached hydrogens (tertiary/aromatic N) is 2. The van der Waals surface area contributed by atoms with Gasteiger partial charge in [-0.25, -0.2) is 22.4 Å². The maximum Gasteiger partial charge on any atom is 0.408 e. The minimum atomic E-state index is -3.92. The standard InChI is InChI=1S/C33H45FN6O9S/c1-32(2,3)49-31(45)37-25-10-8-6-4-5-7-9-20-16-33(20,29(43)39-50(46,47)24-13-14-24)38-27(41)26-15-23(19-40(26)28(25)42)48-30(44)36-18-22-12-11-21(34)17-35-22/h7,9,11-12,17,20,23-26H,4-6,8,10,13-16,18-19H2,1-3H3,(H,36,44)(H,37,45)(H,38,41)(H,39,43)/t20-,23-,25+,26+,33-/m1/s1. The van der Waals surface area contributed by atoms with Gasteiger partial charge in [-0.1, -0.05) is 25.0 Å². The first-order valence-electron chi connectivity index (χ1n) is 17.0. The Bertz CT molecular complexity index is 1610. The van der Waals surface area contributed by atoms with Crippen LogP contribution in [0, 0.1) is 11.7 Å². The number of aromatic nitrogens is 1. The van der Waals surface area contributed by atoms with E-state index in [-0.39, 0.29) is 32.4 Å². The van der Waals surface area contributed by atoms with Crippen LogP contribution >= 0.6 is 0 Å². The zero-order valence-corrected chi connectivity index (χ0v) is 29.2. The van der Waals surface area contributed by atoms with E-state index in [1.165, 1.54) is 17.0 Å². The molecule has 4 aliphatic rings. The number of carbonyl (C=O) groups excluding carboxylic acids is 5. The van der Waals surface area contributed by atoms with E-state index in [1.807, 2.05) is 6.08 Å². The lowest BCUT2D eigenvalue weighted by atomic mass is 10.0. The normalized spacial score (nSPS) is 27.4. The van der Waals surface area contributed by atoms with E-state index < -0.39 is 86.2 Å². The van der Waals surface area contributed by atoms with Crippen molar-refractivity contribution in [3.05, 3.63) is 42.0 Å². The lowest BCUT2D eigenvalue weighted by molar-refractivity contribution is -0.141. The van der Waals surface area contributed by atoms with Crippen molar-refractivity contribution >= 4 is 39.9 Å². The van der Waals surface area contributed by atoms with E-state index in [0.29, 0.717) is 31.4 Å². The van der Waals surface area contributed by atoms with Gasteiger partial charge in [0, 0.05) is 12.3 Å². The number of hydrogen-bond donors (Lipinski definition) is 4. The third-order valence-corrected chi connectivity index (χ3v) is 10.8. The molecule has 5 amide bonds. The van der Waals surface area contributed by atoms with Crippen LogP contribution in [0.5, 0.6) is 0 Å². The number of nitrogens with one attached hydrogen (secondary N) is 4. The summed E-state index contributed by atoms with van der Waals surface area (Å²) >= 11 is 0. The minimum absolute atomic E-state index is 0.0728. The first-order chi connectivity index (χ1) is 23.6. The molecule has 1 aromatic rings. The number of amides is 5. The third-order valence-electron chi connectivity index (χ3n) is 9.01. The summed E-state index contributed by atoms with van der Waals surface area (Å²) in [5, 5.41) is 7.26. The molecule has 5 atom stereocenters. The maximum absolute atomic E-state index is 14.2. The number of allylic oxidation sites excluding steroid dienone is 1. The Labute approximate surface area is 290 Å². The van der Waals surface area contributed by atoms with Gasteiger partial charge < -0.3 is 30.3 Å². The lowest BCUT2D eigenvalue weighted by Crippen LogP contribution is -2.58. The van der Waals surface area contributed by atoms with Gasteiger partial charge in [0.25, 0.3) is 5.91 Å². The lowest BCUT2D eigenvalue weighted by Gasteiger charge is -2.30. The van der Waals surface area contributed by atoms with Gasteiger partial charge in [-0.3, -0.25) is 24.1 Å². The number of fused-ring (bicyclic) bond motifs is 2. The van der Waals surface area contributed by atoms with Crippen molar-refractivity contribution in [3.63, 3.8) is 0 Å². The van der Waals surface area contributed by atoms with Gasteiger partial charge in [0.05, 0.1) is 30.2 Å². The molecule has 0 unspecified atom stereocenters. The second-order valence-electron chi connectivity index (χ2n) is 14.3. The van der Waals surface area contributed by atoms with Gasteiger partial charge in [-0.2, -0.15) is 0 Å². The van der Waals surface area contributed by atoms with Gasteiger partial charge in [0.15, 0.2) is 0 Å². The number of ether oxygens (including phenoxy) is 2. The van der Waals surface area contributed by atoms with Gasteiger partial charge >= 0.3 is 12.2 Å². The highest BCUT2D eigenvalue weighted by Crippen LogP contribution is 2.46. The quantitative estimate of drug-likeness (QED) is 0.303. The number of sulfonamides is 1. The fourth-order valence-corrected chi connectivity index (χ4v) is 7.53. The Balaban J connectivity index is 1.37. The molecule has 2 aliphatic carbocycles. The molecule has 3 fully saturated rings. The second kappa shape index (κ2) is 14.9. The van der Waals surface area contributed by atoms with Crippen LogP contribution in [0.3, 0.4) is 0 Å². The molecule has 0 spiro atoms. The van der Waals surface area contributed by atoms with Gasteiger partial charge in [-0.05, 0) is 71.4 Å². The van der Waals surface area contributed by atoms with Gasteiger partial charge in [-0.15, -0.1) is 0 Å². The van der Waals surface area contributed by atoms with Crippen molar-refractivity contribution in [2.45, 2.75) is 120 Å². The monoisotopic (exact) mass is 720 g/mol. The molecule has 1 aromatic heterocycles. The van der Waals surface area contributed by atoms with Crippen LogP contribution in [0.4, 0.5) is 14.0 Å². The highest BCUT2D eigenvalue weighted by molar-refractivity contribution is 7.91. The zero-order valence-electron chi connectivity index (χ0n) is 28.4. The van der Waals surface area contributed by atoms with E-state index in [0.717, 1.165) is 19.0 Å². The highest BCUT2D eigenvalue weighted by atomic mass is 32.2. The number of hydrogen-bond acceptors (Lipinski definition) is 10. The fourth-order valence-electron chi connectivity index (χ4n) is 6.16. The van der Waals surface area contributed by atoms with Crippen LogP contribution in [-0.4, -0.2) is 89.3 Å². The molecule has 5 rings (SSSR count). The molecular formula is C33H45FN6O9S. The number of rotatable bonds is 7. The molecule has 4 N–H and O–H groups in total. The fraction of sp³-hybridized carbons (Fsp3) is 0.636. The smallest absolute Gasteiger partial charge is 0.408 e. The average Bonchev–Trinajstić information content (AvgIpc) is 3.95. The van der Waals surface area contributed by atoms with Crippen LogP contribution < -0.4 is 20.7 Å². The summed E-state index contributed by atoms with van der Waals surface area (Å²) in [5.74, 6) is -3.20. The zero-order chi connectivity index (χ0) is 36.3. The Morgan fingerprint density at radius 2 is 1.86 bits per heavy atom. The molecule has 1 saturated heterocycles. The Hall–Kier alpha value is -4.28. The Kier molecular flexibility index (Phi) is 11.0. The second-order valence-corrected chi connectivity index (χ2v) is 16.3. The number of carbonyl (C=O) groups is 5. The summed E-state index contributed by atoms with van der Waals surface area (Å²) in [6, 6.07) is 0.276. The topological polar surface area (TPSA) is 202 Å². The SMILES string of the molecule is CC(C)(C)OC(=O)N[C@H]1CCCCCC=C[C@@H]2C[C@@]2(C(=O)NS(=O)(=O)C2CC2)NC(=O)[C@@H]2C[C@@H](OC(=O)NCc3ccc(F)cn3)CN2C1=O. The number of halogens is 1. The molecular weight excluding hydrogens is 675 g/mol. The minimum Gasteiger partial charge on any atom is -0.444 e. The molecule has 2 aliphatic heterocycles. The van der Waals surface area contributed by atoms with Crippen LogP contribution in [0.2, 0.25) is 0 Å². The van der Waals surface area contributed by atoms with Crippen LogP contribution in [0.1, 0.15) is 84.3 Å². The Morgan fingerprint density at radius 3 is 2.54 bits per heavy atom. The van der Waals surface area contributed by atoms with Crippen LogP contribution in [0.25, 0.3) is 0 Å². The Morgan fingerprint density at radius 1 is 1.10 bits per heavy atom. The molecule has 2 saturated carbocycles. The van der Waals surface area contributed by atoms with Crippen LogP contribution in [0.15, 0.2) is 30.5 Å². The van der Waals surface area contributed by atoms with Crippen molar-refractivity contribution in [2.24, 2.45) is 5.92 Å². The molecule has 0 bridgehead atoms. The van der Waals surface area contributed by atoms with E-state index in [4.69, 9.17) is 9.47 Å². The predicted octanol–water partition coefficient (Wildman–Crippen LogP) is 2.31. The van der Waals surface area contributed by atoms with E-state index in [9.17, 15) is 36.8 Å². The largest absolute Gasteiger partial charge is 0.444 e. The first-order valence-corrected chi connectivity index (χ1v) is 18.5. The molecule has 3 heterocycles. The van der Waals surface area contributed by atoms with Crippen molar-refractivity contribution in [3.8, 4) is 0 Å². The number of pyridine rings is 1. The number of alkyl carbamates (subject to hydrolysis) is 2. The molecule has 0 radical (unpaired) electrons. The summed E-state index contributed by atoms with van der Waals surface area (Å²) in [6.07, 6.45) is 5.91. The summed E-state index contributed by atoms with van der Waals surface area (Å²) < 4.78 is 51.8. The van der Waals surface area contributed by atoms with Crippen molar-refractivity contribution in [1.82, 2.24) is 30.6 Å². The first kappa shape index (κ1) is 37.0. The van der Waals surface area contributed by atoms with Crippen LogP contribution in [-0.2, 0) is 40.4 Å². The van der Waals surface area contributed by atoms with Crippen molar-refractivity contribution in [2.75, 3.05) is 6.54 Å². The predicted molar refractivity (Wildman–Crippen MR) is 176 cm³/mol. The third kappa shape index (κ3) is 9.48. The molecule has 50 heavy (non-hydrogen) atoms. The molecule has 15 nitrogen and oxygen atoms in total. The average molecular weight is 721 g/mol. The highest BCUT2D eigenvalue weighted by Gasteiger charge is 2.62. The summed E-state index contributed by atoms with van der Waals surface area (Å²) in [4.78, 5) is 72.4. The summed E-state index contributed by atoms with van der Waals surface area (Å²) in [6.45, 7) is 4.78. The molecule has 17 heteroatoms. The van der Waals surface area contributed by atoms with Crippen molar-refractivity contribution < 1.29 is 46.3 Å². The van der Waals surface area contributed by atoms with E-state index in [1.54, 1.807) is 26.8 Å². The van der Waals surface area contributed by atoms with Gasteiger partial charge in [0.1, 0.15) is 35.1 Å².